The Morgan fingerprint density at radius 1 is 1.06 bits per heavy atom. The van der Waals surface area contributed by atoms with E-state index in [1.807, 2.05) is 11.3 Å². The molecule has 1 aromatic carbocycles. The number of nitrogens with two attached hydrogens (primary N) is 1. The highest BCUT2D eigenvalue weighted by Crippen LogP contribution is 2.46. The van der Waals surface area contributed by atoms with Gasteiger partial charge in [0.25, 0.3) is 0 Å². The van der Waals surface area contributed by atoms with Crippen LogP contribution >= 0.6 is 11.3 Å². The molecule has 2 aromatic rings. The lowest BCUT2D eigenvalue weighted by atomic mass is 9.68. The summed E-state index contributed by atoms with van der Waals surface area (Å²) in [5.41, 5.74) is 7.57. The SMILES string of the molecule is NCC1(c2ccc(-c3ccccc3)s2)CCC1. The first-order valence-electron chi connectivity index (χ1n) is 6.20. The van der Waals surface area contributed by atoms with Crippen molar-refractivity contribution in [2.24, 2.45) is 5.73 Å². The molecule has 1 heterocycles. The molecule has 3 rings (SSSR count). The highest BCUT2D eigenvalue weighted by atomic mass is 32.1. The van der Waals surface area contributed by atoms with Crippen LogP contribution in [0.2, 0.25) is 0 Å². The second kappa shape index (κ2) is 4.28. The molecule has 0 unspecified atom stereocenters. The fourth-order valence-electron chi connectivity index (χ4n) is 2.54. The van der Waals surface area contributed by atoms with Gasteiger partial charge in [-0.05, 0) is 30.5 Å². The zero-order chi connectivity index (χ0) is 11.7. The highest BCUT2D eigenvalue weighted by Gasteiger charge is 2.38. The summed E-state index contributed by atoms with van der Waals surface area (Å²) in [6.07, 6.45) is 3.85. The average molecular weight is 243 g/mol. The van der Waals surface area contributed by atoms with E-state index in [4.69, 9.17) is 5.73 Å². The first-order valence-corrected chi connectivity index (χ1v) is 7.02. The van der Waals surface area contributed by atoms with Crippen molar-refractivity contribution < 1.29 is 0 Å². The molecule has 17 heavy (non-hydrogen) atoms. The van der Waals surface area contributed by atoms with Gasteiger partial charge in [0.2, 0.25) is 0 Å². The normalized spacial score (nSPS) is 17.7. The Labute approximate surface area is 106 Å². The third-order valence-corrected chi connectivity index (χ3v) is 5.27. The Hall–Kier alpha value is -1.12. The third-order valence-electron chi connectivity index (χ3n) is 3.89. The Balaban J connectivity index is 1.93. The van der Waals surface area contributed by atoms with Crippen molar-refractivity contribution in [1.29, 1.82) is 0 Å². The van der Waals surface area contributed by atoms with Gasteiger partial charge in [0, 0.05) is 21.7 Å². The highest BCUT2D eigenvalue weighted by molar-refractivity contribution is 7.15. The van der Waals surface area contributed by atoms with Crippen molar-refractivity contribution in [1.82, 2.24) is 0 Å². The summed E-state index contributed by atoms with van der Waals surface area (Å²) in [7, 11) is 0. The second-order valence-electron chi connectivity index (χ2n) is 4.87. The molecule has 0 radical (unpaired) electrons. The van der Waals surface area contributed by atoms with Crippen LogP contribution in [-0.4, -0.2) is 6.54 Å². The summed E-state index contributed by atoms with van der Waals surface area (Å²) in [4.78, 5) is 2.84. The quantitative estimate of drug-likeness (QED) is 0.872. The van der Waals surface area contributed by atoms with Gasteiger partial charge in [-0.2, -0.15) is 0 Å². The van der Waals surface area contributed by atoms with Crippen LogP contribution in [-0.2, 0) is 5.41 Å². The van der Waals surface area contributed by atoms with Crippen molar-refractivity contribution in [2.45, 2.75) is 24.7 Å². The molecule has 1 aliphatic carbocycles. The summed E-state index contributed by atoms with van der Waals surface area (Å²) >= 11 is 1.91. The van der Waals surface area contributed by atoms with E-state index >= 15 is 0 Å². The number of thiophene rings is 1. The largest absolute Gasteiger partial charge is 0.330 e. The van der Waals surface area contributed by atoms with Crippen molar-refractivity contribution >= 4 is 11.3 Å². The Morgan fingerprint density at radius 3 is 2.41 bits per heavy atom. The molecule has 1 aliphatic rings. The Kier molecular flexibility index (Phi) is 2.77. The number of benzene rings is 1. The van der Waals surface area contributed by atoms with Crippen LogP contribution in [0.1, 0.15) is 24.1 Å². The van der Waals surface area contributed by atoms with E-state index < -0.39 is 0 Å². The molecule has 1 saturated carbocycles. The van der Waals surface area contributed by atoms with Gasteiger partial charge in [-0.15, -0.1) is 11.3 Å². The van der Waals surface area contributed by atoms with Gasteiger partial charge in [-0.3, -0.25) is 0 Å². The summed E-state index contributed by atoms with van der Waals surface area (Å²) in [6.45, 7) is 0.793. The van der Waals surface area contributed by atoms with Crippen LogP contribution in [0.3, 0.4) is 0 Å². The number of rotatable bonds is 3. The average Bonchev–Trinajstić information content (AvgIpc) is 2.80. The van der Waals surface area contributed by atoms with Gasteiger partial charge in [-0.25, -0.2) is 0 Å². The van der Waals surface area contributed by atoms with Crippen LogP contribution in [0.4, 0.5) is 0 Å². The molecule has 2 N–H and O–H groups in total. The minimum Gasteiger partial charge on any atom is -0.330 e. The summed E-state index contributed by atoms with van der Waals surface area (Å²) < 4.78 is 0. The van der Waals surface area contributed by atoms with E-state index in [0.717, 1.165) is 6.54 Å². The van der Waals surface area contributed by atoms with E-state index in [9.17, 15) is 0 Å². The van der Waals surface area contributed by atoms with Gasteiger partial charge in [0.05, 0.1) is 0 Å². The van der Waals surface area contributed by atoms with E-state index in [-0.39, 0.29) is 0 Å². The lowest BCUT2D eigenvalue weighted by Gasteiger charge is -2.40. The zero-order valence-electron chi connectivity index (χ0n) is 9.86. The second-order valence-corrected chi connectivity index (χ2v) is 5.95. The van der Waals surface area contributed by atoms with Crippen molar-refractivity contribution in [3.63, 3.8) is 0 Å². The van der Waals surface area contributed by atoms with Gasteiger partial charge in [0.15, 0.2) is 0 Å². The van der Waals surface area contributed by atoms with Crippen molar-refractivity contribution in [3.05, 3.63) is 47.3 Å². The van der Waals surface area contributed by atoms with Gasteiger partial charge >= 0.3 is 0 Å². The van der Waals surface area contributed by atoms with Gasteiger partial charge in [0.1, 0.15) is 0 Å². The molecule has 0 bridgehead atoms. The maximum Gasteiger partial charge on any atom is 0.0345 e. The van der Waals surface area contributed by atoms with Crippen molar-refractivity contribution in [2.75, 3.05) is 6.54 Å². The predicted molar refractivity (Wildman–Crippen MR) is 74.3 cm³/mol. The van der Waals surface area contributed by atoms with Crippen LogP contribution < -0.4 is 5.73 Å². The van der Waals surface area contributed by atoms with Crippen LogP contribution in [0.5, 0.6) is 0 Å². The molecule has 1 nitrogen and oxygen atoms in total. The maximum absolute atomic E-state index is 5.96. The first kappa shape index (κ1) is 11.0. The lowest BCUT2D eigenvalue weighted by Crippen LogP contribution is -2.40. The summed E-state index contributed by atoms with van der Waals surface area (Å²) in [6, 6.07) is 15.1. The van der Waals surface area contributed by atoms with E-state index in [1.165, 1.54) is 34.6 Å². The van der Waals surface area contributed by atoms with Crippen molar-refractivity contribution in [3.8, 4) is 10.4 Å². The molecule has 1 aromatic heterocycles. The molecule has 0 saturated heterocycles. The third kappa shape index (κ3) is 1.81. The smallest absolute Gasteiger partial charge is 0.0345 e. The van der Waals surface area contributed by atoms with Crippen LogP contribution in [0.15, 0.2) is 42.5 Å². The predicted octanol–water partition coefficient (Wildman–Crippen LogP) is 3.80. The Morgan fingerprint density at radius 2 is 1.82 bits per heavy atom. The first-order chi connectivity index (χ1) is 8.34. The minimum atomic E-state index is 0.303. The molecule has 0 amide bonds. The maximum atomic E-state index is 5.96. The zero-order valence-corrected chi connectivity index (χ0v) is 10.7. The molecule has 1 fully saturated rings. The fraction of sp³-hybridized carbons (Fsp3) is 0.333. The molecular formula is C15H17NS. The standard InChI is InChI=1S/C15H17NS/c16-11-15(9-4-10-15)14-8-7-13(17-14)12-5-2-1-3-6-12/h1-3,5-8H,4,9-11,16H2. The Bertz CT molecular complexity index is 491. The molecular weight excluding hydrogens is 226 g/mol. The van der Waals surface area contributed by atoms with Gasteiger partial charge < -0.3 is 5.73 Å². The molecule has 88 valence electrons. The van der Waals surface area contributed by atoms with Gasteiger partial charge in [-0.1, -0.05) is 36.8 Å². The van der Waals surface area contributed by atoms with Crippen LogP contribution in [0, 0.1) is 0 Å². The summed E-state index contributed by atoms with van der Waals surface area (Å²) in [5, 5.41) is 0. The minimum absolute atomic E-state index is 0.303. The molecule has 0 atom stereocenters. The van der Waals surface area contributed by atoms with E-state index in [1.54, 1.807) is 0 Å². The topological polar surface area (TPSA) is 26.0 Å². The number of hydrogen-bond donors (Lipinski definition) is 1. The number of hydrogen-bond acceptors (Lipinski definition) is 2. The molecule has 0 aliphatic heterocycles. The van der Waals surface area contributed by atoms with Crippen LogP contribution in [0.25, 0.3) is 10.4 Å². The monoisotopic (exact) mass is 243 g/mol. The fourth-order valence-corrected chi connectivity index (χ4v) is 3.80. The lowest BCUT2D eigenvalue weighted by molar-refractivity contribution is 0.258. The molecule has 2 heteroatoms. The van der Waals surface area contributed by atoms with E-state index in [2.05, 4.69) is 42.5 Å². The summed E-state index contributed by atoms with van der Waals surface area (Å²) in [5.74, 6) is 0. The molecule has 0 spiro atoms. The van der Waals surface area contributed by atoms with E-state index in [0.29, 0.717) is 5.41 Å².